The summed E-state index contributed by atoms with van der Waals surface area (Å²) in [7, 11) is -3.44. The number of carboxylic acids is 1. The summed E-state index contributed by atoms with van der Waals surface area (Å²) in [6.45, 7) is 3.84. The maximum absolute atomic E-state index is 12.7. The zero-order chi connectivity index (χ0) is 16.7. The molecule has 0 unspecified atom stereocenters. The third-order valence-electron chi connectivity index (χ3n) is 4.10. The zero-order valence-corrected chi connectivity index (χ0v) is 13.6. The van der Waals surface area contributed by atoms with E-state index >= 15 is 0 Å². The number of hydrogen-bond donors (Lipinski definition) is 1. The highest BCUT2D eigenvalue weighted by atomic mass is 32.2. The summed E-state index contributed by atoms with van der Waals surface area (Å²) in [6.07, 6.45) is 2.14. The number of aryl methyl sites for hydroxylation is 1. The predicted molar refractivity (Wildman–Crippen MR) is 80.7 cm³/mol. The van der Waals surface area contributed by atoms with E-state index in [2.05, 4.69) is 0 Å². The fourth-order valence-electron chi connectivity index (χ4n) is 2.68. The standard InChI is InChI=1S/C15H19NO5S/c1-9-7-11(22(3,20)21)8-12(10(9)2)14(17)16-6-4-5-13(16)15(18)19/h7-8,13H,4-6H2,1-3H3,(H,18,19)/t13-/m1/s1. The van der Waals surface area contributed by atoms with Crippen LogP contribution in [0, 0.1) is 13.8 Å². The van der Waals surface area contributed by atoms with Crippen LogP contribution in [0.1, 0.15) is 34.3 Å². The molecule has 1 aliphatic rings. The largest absolute Gasteiger partial charge is 0.480 e. The molecule has 0 radical (unpaired) electrons. The summed E-state index contributed by atoms with van der Waals surface area (Å²) in [5.74, 6) is -1.45. The van der Waals surface area contributed by atoms with E-state index in [0.29, 0.717) is 30.5 Å². The monoisotopic (exact) mass is 325 g/mol. The van der Waals surface area contributed by atoms with Crippen LogP contribution in [-0.2, 0) is 14.6 Å². The van der Waals surface area contributed by atoms with E-state index in [0.717, 1.165) is 6.26 Å². The molecular weight excluding hydrogens is 306 g/mol. The minimum atomic E-state index is -3.44. The van der Waals surface area contributed by atoms with Crippen LogP contribution in [0.25, 0.3) is 0 Å². The zero-order valence-electron chi connectivity index (χ0n) is 12.8. The number of amides is 1. The topological polar surface area (TPSA) is 91.8 Å². The van der Waals surface area contributed by atoms with Gasteiger partial charge >= 0.3 is 5.97 Å². The number of carbonyl (C=O) groups excluding carboxylic acids is 1. The van der Waals surface area contributed by atoms with Crippen molar-refractivity contribution in [1.82, 2.24) is 4.90 Å². The second-order valence-electron chi connectivity index (χ2n) is 5.68. The Labute approximate surface area is 129 Å². The number of benzene rings is 1. The molecule has 0 saturated carbocycles. The molecule has 1 atom stereocenters. The molecule has 1 N–H and O–H groups in total. The van der Waals surface area contributed by atoms with Crippen LogP contribution in [0.4, 0.5) is 0 Å². The third-order valence-corrected chi connectivity index (χ3v) is 5.19. The molecule has 7 heteroatoms. The number of aliphatic carboxylic acids is 1. The van der Waals surface area contributed by atoms with E-state index in [4.69, 9.17) is 0 Å². The summed E-state index contributed by atoms with van der Waals surface area (Å²) < 4.78 is 23.5. The molecule has 0 aromatic heterocycles. The smallest absolute Gasteiger partial charge is 0.326 e. The number of likely N-dealkylation sites (tertiary alicyclic amines) is 1. The molecule has 1 aromatic carbocycles. The van der Waals surface area contributed by atoms with E-state index in [9.17, 15) is 23.1 Å². The first-order valence-electron chi connectivity index (χ1n) is 6.98. The van der Waals surface area contributed by atoms with Gasteiger partial charge in [0.2, 0.25) is 0 Å². The van der Waals surface area contributed by atoms with Gasteiger partial charge in [-0.15, -0.1) is 0 Å². The fraction of sp³-hybridized carbons (Fsp3) is 0.467. The molecule has 6 nitrogen and oxygen atoms in total. The van der Waals surface area contributed by atoms with Gasteiger partial charge < -0.3 is 10.0 Å². The molecule has 0 spiro atoms. The molecule has 1 aliphatic heterocycles. The van der Waals surface area contributed by atoms with Crippen LogP contribution in [0.3, 0.4) is 0 Å². The van der Waals surface area contributed by atoms with Crippen molar-refractivity contribution in [2.24, 2.45) is 0 Å². The van der Waals surface area contributed by atoms with Crippen LogP contribution >= 0.6 is 0 Å². The number of carbonyl (C=O) groups is 2. The number of rotatable bonds is 3. The second kappa shape index (κ2) is 5.72. The van der Waals surface area contributed by atoms with Gasteiger partial charge in [0.25, 0.3) is 5.91 Å². The highest BCUT2D eigenvalue weighted by Gasteiger charge is 2.35. The number of hydrogen-bond acceptors (Lipinski definition) is 4. The summed E-state index contributed by atoms with van der Waals surface area (Å²) in [4.78, 5) is 25.3. The molecule has 1 amide bonds. The Kier molecular flexibility index (Phi) is 4.28. The van der Waals surface area contributed by atoms with Crippen molar-refractivity contribution in [3.05, 3.63) is 28.8 Å². The summed E-state index contributed by atoms with van der Waals surface area (Å²) in [5, 5.41) is 9.20. The van der Waals surface area contributed by atoms with Crippen LogP contribution in [0.5, 0.6) is 0 Å². The van der Waals surface area contributed by atoms with Crippen molar-refractivity contribution in [1.29, 1.82) is 0 Å². The highest BCUT2D eigenvalue weighted by Crippen LogP contribution is 2.25. The highest BCUT2D eigenvalue weighted by molar-refractivity contribution is 7.90. The lowest BCUT2D eigenvalue weighted by atomic mass is 10.0. The van der Waals surface area contributed by atoms with Gasteiger partial charge in [0.1, 0.15) is 6.04 Å². The van der Waals surface area contributed by atoms with Gasteiger partial charge in [0, 0.05) is 18.4 Å². The van der Waals surface area contributed by atoms with Crippen LogP contribution < -0.4 is 0 Å². The lowest BCUT2D eigenvalue weighted by Gasteiger charge is -2.23. The maximum Gasteiger partial charge on any atom is 0.326 e. The number of sulfone groups is 1. The van der Waals surface area contributed by atoms with Crippen molar-refractivity contribution >= 4 is 21.7 Å². The normalized spacial score (nSPS) is 18.5. The second-order valence-corrected chi connectivity index (χ2v) is 7.70. The van der Waals surface area contributed by atoms with Crippen molar-refractivity contribution in [3.8, 4) is 0 Å². The Hall–Kier alpha value is -1.89. The Bertz CT molecular complexity index is 739. The molecule has 2 rings (SSSR count). The quantitative estimate of drug-likeness (QED) is 0.907. The molecule has 0 bridgehead atoms. The Morgan fingerprint density at radius 2 is 1.91 bits per heavy atom. The predicted octanol–water partition coefficient (Wildman–Crippen LogP) is 1.40. The van der Waals surface area contributed by atoms with Crippen molar-refractivity contribution in [2.45, 2.75) is 37.6 Å². The number of carboxylic acid groups (broad SMARTS) is 1. The van der Waals surface area contributed by atoms with Crippen LogP contribution in [-0.4, -0.2) is 49.1 Å². The first-order valence-corrected chi connectivity index (χ1v) is 8.87. The Balaban J connectivity index is 2.50. The van der Waals surface area contributed by atoms with Crippen molar-refractivity contribution in [2.75, 3.05) is 12.8 Å². The minimum absolute atomic E-state index is 0.0741. The molecule has 1 aromatic rings. The average Bonchev–Trinajstić information content (AvgIpc) is 2.89. The summed E-state index contributed by atoms with van der Waals surface area (Å²) in [6, 6.07) is 2.03. The fourth-order valence-corrected chi connectivity index (χ4v) is 3.41. The first-order chi connectivity index (χ1) is 10.1. The minimum Gasteiger partial charge on any atom is -0.480 e. The van der Waals surface area contributed by atoms with Gasteiger partial charge in [-0.25, -0.2) is 13.2 Å². The van der Waals surface area contributed by atoms with Crippen LogP contribution in [0.15, 0.2) is 17.0 Å². The first kappa shape index (κ1) is 16.5. The van der Waals surface area contributed by atoms with Crippen molar-refractivity contribution in [3.63, 3.8) is 0 Å². The molecule has 0 aliphatic carbocycles. The van der Waals surface area contributed by atoms with Gasteiger partial charge in [-0.2, -0.15) is 0 Å². The molecule has 1 saturated heterocycles. The lowest BCUT2D eigenvalue weighted by molar-refractivity contribution is -0.141. The SMILES string of the molecule is Cc1cc(S(C)(=O)=O)cc(C(=O)N2CCC[C@@H]2C(=O)O)c1C. The van der Waals surface area contributed by atoms with Gasteiger partial charge in [-0.05, 0) is 49.9 Å². The molecular formula is C15H19NO5S. The van der Waals surface area contributed by atoms with Gasteiger partial charge in [0.05, 0.1) is 4.90 Å². The molecule has 120 valence electrons. The van der Waals surface area contributed by atoms with E-state index in [-0.39, 0.29) is 10.5 Å². The van der Waals surface area contributed by atoms with E-state index < -0.39 is 27.8 Å². The summed E-state index contributed by atoms with van der Waals surface area (Å²) in [5.41, 5.74) is 1.62. The third kappa shape index (κ3) is 2.99. The number of nitrogens with zero attached hydrogens (tertiary/aromatic N) is 1. The van der Waals surface area contributed by atoms with Crippen LogP contribution in [0.2, 0.25) is 0 Å². The molecule has 1 fully saturated rings. The Morgan fingerprint density at radius 3 is 2.45 bits per heavy atom. The lowest BCUT2D eigenvalue weighted by Crippen LogP contribution is -2.40. The summed E-state index contributed by atoms with van der Waals surface area (Å²) >= 11 is 0. The molecule has 1 heterocycles. The van der Waals surface area contributed by atoms with E-state index in [1.54, 1.807) is 13.8 Å². The van der Waals surface area contributed by atoms with Gasteiger partial charge in [-0.3, -0.25) is 4.79 Å². The van der Waals surface area contributed by atoms with Crippen molar-refractivity contribution < 1.29 is 23.1 Å². The van der Waals surface area contributed by atoms with Gasteiger partial charge in [0.15, 0.2) is 9.84 Å². The van der Waals surface area contributed by atoms with E-state index in [1.165, 1.54) is 17.0 Å². The molecule has 22 heavy (non-hydrogen) atoms. The van der Waals surface area contributed by atoms with E-state index in [1.807, 2.05) is 0 Å². The van der Waals surface area contributed by atoms with Gasteiger partial charge in [-0.1, -0.05) is 0 Å². The average molecular weight is 325 g/mol. The Morgan fingerprint density at radius 1 is 1.27 bits per heavy atom. The maximum atomic E-state index is 12.7.